The van der Waals surface area contributed by atoms with E-state index in [-0.39, 0.29) is 6.04 Å². The first-order chi connectivity index (χ1) is 11.5. The van der Waals surface area contributed by atoms with Gasteiger partial charge in [0.05, 0.1) is 18.6 Å². The fourth-order valence-corrected chi connectivity index (χ4v) is 2.72. The zero-order valence-electron chi connectivity index (χ0n) is 15.4. The van der Waals surface area contributed by atoms with E-state index in [0.29, 0.717) is 6.54 Å². The van der Waals surface area contributed by atoms with Crippen molar-refractivity contribution in [2.45, 2.75) is 46.7 Å². The summed E-state index contributed by atoms with van der Waals surface area (Å²) in [7, 11) is 1.99. The van der Waals surface area contributed by atoms with Crippen LogP contribution in [0.3, 0.4) is 0 Å². The molecule has 2 aromatic heterocycles. The van der Waals surface area contributed by atoms with Crippen LogP contribution in [0.2, 0.25) is 0 Å². The monoisotopic (exact) mass is 331 g/mol. The van der Waals surface area contributed by atoms with Crippen LogP contribution in [0, 0.1) is 13.8 Å². The third-order valence-corrected chi connectivity index (χ3v) is 4.08. The smallest absolute Gasteiger partial charge is 0.191 e. The van der Waals surface area contributed by atoms with Gasteiger partial charge in [-0.15, -0.1) is 0 Å². The lowest BCUT2D eigenvalue weighted by molar-refractivity contribution is 0.630. The zero-order chi connectivity index (χ0) is 17.5. The number of nitrogens with one attached hydrogen (secondary N) is 2. The van der Waals surface area contributed by atoms with Gasteiger partial charge in [-0.3, -0.25) is 9.67 Å². The highest BCUT2D eigenvalue weighted by Gasteiger charge is 2.13. The van der Waals surface area contributed by atoms with E-state index in [1.807, 2.05) is 28.8 Å². The van der Waals surface area contributed by atoms with Crippen LogP contribution in [-0.2, 0) is 20.0 Å². The van der Waals surface area contributed by atoms with E-state index in [9.17, 15) is 0 Å². The highest BCUT2D eigenvalue weighted by molar-refractivity contribution is 5.80. The Balaban J connectivity index is 1.93. The van der Waals surface area contributed by atoms with Crippen molar-refractivity contribution in [1.82, 2.24) is 30.0 Å². The van der Waals surface area contributed by atoms with E-state index < -0.39 is 0 Å². The number of aromatic nitrogens is 4. The van der Waals surface area contributed by atoms with Gasteiger partial charge in [-0.1, -0.05) is 0 Å². The Hall–Kier alpha value is -2.31. The van der Waals surface area contributed by atoms with E-state index >= 15 is 0 Å². The van der Waals surface area contributed by atoms with Crippen molar-refractivity contribution in [1.29, 1.82) is 0 Å². The van der Waals surface area contributed by atoms with Gasteiger partial charge in [-0.2, -0.15) is 5.10 Å². The average Bonchev–Trinajstić information content (AvgIpc) is 3.12. The summed E-state index contributed by atoms with van der Waals surface area (Å²) in [4.78, 5) is 8.69. The van der Waals surface area contributed by atoms with Gasteiger partial charge in [-0.05, 0) is 39.7 Å². The van der Waals surface area contributed by atoms with Gasteiger partial charge in [0.2, 0.25) is 0 Å². The second-order valence-electron chi connectivity index (χ2n) is 6.08. The fourth-order valence-electron chi connectivity index (χ4n) is 2.72. The van der Waals surface area contributed by atoms with Crippen molar-refractivity contribution in [3.8, 4) is 0 Å². The molecule has 0 fully saturated rings. The van der Waals surface area contributed by atoms with E-state index in [1.54, 1.807) is 6.20 Å². The number of imidazole rings is 1. The van der Waals surface area contributed by atoms with Gasteiger partial charge >= 0.3 is 0 Å². The minimum Gasteiger partial charge on any atom is -0.357 e. The lowest BCUT2D eigenvalue weighted by Gasteiger charge is -2.18. The first-order valence-electron chi connectivity index (χ1n) is 8.51. The summed E-state index contributed by atoms with van der Waals surface area (Å²) in [6.07, 6.45) is 6.48. The summed E-state index contributed by atoms with van der Waals surface area (Å²) in [5, 5.41) is 11.3. The number of guanidine groups is 1. The molecule has 2 rings (SSSR count). The molecule has 7 heteroatoms. The average molecular weight is 331 g/mol. The normalized spacial score (nSPS) is 13.1. The van der Waals surface area contributed by atoms with Crippen molar-refractivity contribution in [2.75, 3.05) is 13.1 Å². The van der Waals surface area contributed by atoms with Gasteiger partial charge in [0.15, 0.2) is 5.96 Å². The number of rotatable bonds is 7. The summed E-state index contributed by atoms with van der Waals surface area (Å²) in [6.45, 7) is 10.8. The van der Waals surface area contributed by atoms with Crippen LogP contribution in [0.4, 0.5) is 0 Å². The molecule has 0 radical (unpaired) electrons. The van der Waals surface area contributed by atoms with Crippen molar-refractivity contribution in [3.63, 3.8) is 0 Å². The molecule has 132 valence electrons. The molecule has 0 aromatic carbocycles. The molecular formula is C17H29N7. The molecule has 2 heterocycles. The highest BCUT2D eigenvalue weighted by Crippen LogP contribution is 2.14. The molecule has 0 aliphatic carbocycles. The topological polar surface area (TPSA) is 72.1 Å². The van der Waals surface area contributed by atoms with Crippen LogP contribution in [0.5, 0.6) is 0 Å². The van der Waals surface area contributed by atoms with Gasteiger partial charge in [0.1, 0.15) is 0 Å². The number of aliphatic imine (C=N–C) groups is 1. The minimum absolute atomic E-state index is 0.276. The van der Waals surface area contributed by atoms with Gasteiger partial charge < -0.3 is 15.2 Å². The maximum absolute atomic E-state index is 4.64. The molecule has 1 atom stereocenters. The summed E-state index contributed by atoms with van der Waals surface area (Å²) >= 11 is 0. The van der Waals surface area contributed by atoms with Crippen molar-refractivity contribution in [2.24, 2.45) is 12.0 Å². The Labute approximate surface area is 144 Å². The van der Waals surface area contributed by atoms with Crippen LogP contribution in [0.15, 0.2) is 23.7 Å². The lowest BCUT2D eigenvalue weighted by Crippen LogP contribution is -2.43. The summed E-state index contributed by atoms with van der Waals surface area (Å²) in [5.74, 6) is 0.851. The second kappa shape index (κ2) is 8.52. The highest BCUT2D eigenvalue weighted by atomic mass is 15.3. The number of aryl methyl sites for hydroxylation is 2. The maximum atomic E-state index is 4.64. The molecule has 0 saturated heterocycles. The molecule has 24 heavy (non-hydrogen) atoms. The molecule has 7 nitrogen and oxygen atoms in total. The van der Waals surface area contributed by atoms with Gasteiger partial charge in [-0.25, -0.2) is 4.98 Å². The molecular weight excluding hydrogens is 302 g/mol. The maximum Gasteiger partial charge on any atom is 0.191 e. The Morgan fingerprint density at radius 2 is 2.17 bits per heavy atom. The molecule has 2 aromatic rings. The fraction of sp³-hybridized carbons (Fsp3) is 0.588. The molecule has 2 N–H and O–H groups in total. The number of hydrogen-bond acceptors (Lipinski definition) is 3. The summed E-state index contributed by atoms with van der Waals surface area (Å²) in [6, 6.07) is 0.276. The first kappa shape index (κ1) is 18.0. The third kappa shape index (κ3) is 4.84. The first-order valence-corrected chi connectivity index (χ1v) is 8.51. The molecule has 0 spiro atoms. The lowest BCUT2D eigenvalue weighted by atomic mass is 10.1. The van der Waals surface area contributed by atoms with Gasteiger partial charge in [0.25, 0.3) is 0 Å². The van der Waals surface area contributed by atoms with Crippen LogP contribution in [0.1, 0.15) is 30.8 Å². The van der Waals surface area contributed by atoms with E-state index in [1.165, 1.54) is 11.3 Å². The quantitative estimate of drug-likeness (QED) is 0.594. The van der Waals surface area contributed by atoms with Crippen LogP contribution in [0.25, 0.3) is 0 Å². The Kier molecular flexibility index (Phi) is 6.40. The van der Waals surface area contributed by atoms with Crippen LogP contribution >= 0.6 is 0 Å². The SMILES string of the molecule is CCNC(=NCCn1ccnc1)NC(C)Cc1c(C)nn(C)c1C. The van der Waals surface area contributed by atoms with E-state index in [0.717, 1.165) is 31.2 Å². The number of nitrogens with zero attached hydrogens (tertiary/aromatic N) is 5. The van der Waals surface area contributed by atoms with Crippen molar-refractivity contribution in [3.05, 3.63) is 35.7 Å². The Bertz CT molecular complexity index is 655. The molecule has 0 aliphatic rings. The van der Waals surface area contributed by atoms with Crippen LogP contribution < -0.4 is 10.6 Å². The zero-order valence-corrected chi connectivity index (χ0v) is 15.4. The summed E-state index contributed by atoms with van der Waals surface area (Å²) < 4.78 is 3.97. The predicted molar refractivity (Wildman–Crippen MR) is 97.2 cm³/mol. The predicted octanol–water partition coefficient (Wildman–Crippen LogP) is 1.42. The second-order valence-corrected chi connectivity index (χ2v) is 6.08. The minimum atomic E-state index is 0.276. The Morgan fingerprint density at radius 3 is 2.75 bits per heavy atom. The van der Waals surface area contributed by atoms with Gasteiger partial charge in [0, 0.05) is 44.3 Å². The van der Waals surface area contributed by atoms with E-state index in [4.69, 9.17) is 0 Å². The standard InChI is InChI=1S/C17H29N7/c1-6-19-17(20-8-10-24-9-7-18-12-24)21-13(2)11-16-14(3)22-23(5)15(16)4/h7,9,12-13H,6,8,10-11H2,1-5H3,(H2,19,20,21). The molecule has 0 bridgehead atoms. The van der Waals surface area contributed by atoms with Crippen LogP contribution in [-0.4, -0.2) is 44.4 Å². The molecule has 1 unspecified atom stereocenters. The van der Waals surface area contributed by atoms with E-state index in [2.05, 4.69) is 53.4 Å². The van der Waals surface area contributed by atoms with Crippen molar-refractivity contribution >= 4 is 5.96 Å². The summed E-state index contributed by atoms with van der Waals surface area (Å²) in [5.41, 5.74) is 3.64. The molecule has 0 saturated carbocycles. The molecule has 0 aliphatic heterocycles. The largest absolute Gasteiger partial charge is 0.357 e. The number of hydrogen-bond donors (Lipinski definition) is 2. The molecule has 0 amide bonds. The van der Waals surface area contributed by atoms with Crippen molar-refractivity contribution < 1.29 is 0 Å². The Morgan fingerprint density at radius 1 is 1.38 bits per heavy atom. The third-order valence-electron chi connectivity index (χ3n) is 4.08.